The lowest BCUT2D eigenvalue weighted by atomic mass is 10.1. The second-order valence-electron chi connectivity index (χ2n) is 4.42. The smallest absolute Gasteiger partial charge is 0.254 e. The molecule has 5 heteroatoms. The minimum atomic E-state index is 0.0803. The van der Waals surface area contributed by atoms with Crippen molar-refractivity contribution in [3.63, 3.8) is 0 Å². The molecule has 0 aliphatic carbocycles. The minimum absolute atomic E-state index is 0.0803. The summed E-state index contributed by atoms with van der Waals surface area (Å²) in [5, 5.41) is 0. The monoisotopic (exact) mass is 375 g/mol. The van der Waals surface area contributed by atoms with Crippen LogP contribution < -0.4 is 9.47 Å². The van der Waals surface area contributed by atoms with E-state index in [2.05, 4.69) is 22.6 Å². The zero-order chi connectivity index (χ0) is 13.8. The van der Waals surface area contributed by atoms with Gasteiger partial charge in [0.15, 0.2) is 11.5 Å². The first-order valence-corrected chi connectivity index (χ1v) is 7.54. The highest BCUT2D eigenvalue weighted by Crippen LogP contribution is 2.34. The lowest BCUT2D eigenvalue weighted by Crippen LogP contribution is -2.27. The molecule has 0 radical (unpaired) electrons. The van der Waals surface area contributed by atoms with Crippen LogP contribution in [0.5, 0.6) is 11.5 Å². The molecule has 0 atom stereocenters. The Kier molecular flexibility index (Phi) is 4.90. The van der Waals surface area contributed by atoms with Gasteiger partial charge in [-0.2, -0.15) is 0 Å². The van der Waals surface area contributed by atoms with Crippen LogP contribution in [0.3, 0.4) is 0 Å². The summed E-state index contributed by atoms with van der Waals surface area (Å²) in [6, 6.07) is 3.64. The predicted molar refractivity (Wildman–Crippen MR) is 82.0 cm³/mol. The number of carbonyl (C=O) groups is 1. The molecule has 1 aliphatic heterocycles. The molecular formula is C14H18INO3. The Morgan fingerprint density at radius 3 is 2.63 bits per heavy atom. The summed E-state index contributed by atoms with van der Waals surface area (Å²) in [6.07, 6.45) is 2.19. The third-order valence-corrected chi connectivity index (χ3v) is 3.96. The van der Waals surface area contributed by atoms with Gasteiger partial charge in [-0.1, -0.05) is 0 Å². The van der Waals surface area contributed by atoms with Gasteiger partial charge in [-0.3, -0.25) is 4.79 Å². The van der Waals surface area contributed by atoms with Gasteiger partial charge in [-0.15, -0.1) is 0 Å². The summed E-state index contributed by atoms with van der Waals surface area (Å²) in [4.78, 5) is 14.3. The Morgan fingerprint density at radius 1 is 1.37 bits per heavy atom. The van der Waals surface area contributed by atoms with Crippen molar-refractivity contribution in [3.05, 3.63) is 21.3 Å². The number of nitrogens with zero attached hydrogens (tertiary/aromatic N) is 1. The number of carbonyl (C=O) groups excluding carboxylic acids is 1. The summed E-state index contributed by atoms with van der Waals surface area (Å²) in [5.74, 6) is 1.41. The quantitative estimate of drug-likeness (QED) is 0.760. The number of amides is 1. The van der Waals surface area contributed by atoms with Crippen LogP contribution in [0.25, 0.3) is 0 Å². The number of rotatable bonds is 4. The molecule has 0 aromatic heterocycles. The standard InChI is InChI=1S/C14H18INO3/c1-3-19-13-11(15)8-10(9-12(13)18-2)14(17)16-6-4-5-7-16/h8-9H,3-7H2,1-2H3. The van der Waals surface area contributed by atoms with Crippen LogP contribution >= 0.6 is 22.6 Å². The van der Waals surface area contributed by atoms with E-state index in [0.29, 0.717) is 23.7 Å². The Labute approximate surface area is 127 Å². The molecule has 1 heterocycles. The van der Waals surface area contributed by atoms with Gasteiger partial charge in [-0.25, -0.2) is 0 Å². The number of halogens is 1. The van der Waals surface area contributed by atoms with Crippen LogP contribution in [0.2, 0.25) is 0 Å². The molecule has 0 saturated carbocycles. The van der Waals surface area contributed by atoms with E-state index in [4.69, 9.17) is 9.47 Å². The molecule has 1 aromatic rings. The number of ether oxygens (including phenoxy) is 2. The summed E-state index contributed by atoms with van der Waals surface area (Å²) < 4.78 is 11.8. The van der Waals surface area contributed by atoms with Crippen molar-refractivity contribution in [1.82, 2.24) is 4.90 Å². The molecule has 0 spiro atoms. The molecule has 4 nitrogen and oxygen atoms in total. The first-order chi connectivity index (χ1) is 9.17. The fourth-order valence-electron chi connectivity index (χ4n) is 2.23. The molecule has 104 valence electrons. The number of likely N-dealkylation sites (tertiary alicyclic amines) is 1. The second kappa shape index (κ2) is 6.45. The van der Waals surface area contributed by atoms with Gasteiger partial charge in [0, 0.05) is 18.7 Å². The van der Waals surface area contributed by atoms with Crippen LogP contribution in [-0.2, 0) is 0 Å². The van der Waals surface area contributed by atoms with Gasteiger partial charge >= 0.3 is 0 Å². The Bertz CT molecular complexity index is 470. The zero-order valence-electron chi connectivity index (χ0n) is 11.2. The maximum atomic E-state index is 12.4. The molecule has 2 rings (SSSR count). The number of hydrogen-bond acceptors (Lipinski definition) is 3. The lowest BCUT2D eigenvalue weighted by Gasteiger charge is -2.17. The predicted octanol–water partition coefficient (Wildman–Crippen LogP) is 2.93. The topological polar surface area (TPSA) is 38.8 Å². The summed E-state index contributed by atoms with van der Waals surface area (Å²) >= 11 is 2.18. The number of hydrogen-bond donors (Lipinski definition) is 0. The average Bonchev–Trinajstić information content (AvgIpc) is 2.94. The molecule has 1 saturated heterocycles. The minimum Gasteiger partial charge on any atom is -0.493 e. The molecular weight excluding hydrogens is 357 g/mol. The summed E-state index contributed by atoms with van der Waals surface area (Å²) in [5.41, 5.74) is 0.673. The largest absolute Gasteiger partial charge is 0.493 e. The van der Waals surface area contributed by atoms with Gasteiger partial charge in [0.05, 0.1) is 17.3 Å². The highest BCUT2D eigenvalue weighted by molar-refractivity contribution is 14.1. The van der Waals surface area contributed by atoms with Gasteiger partial charge < -0.3 is 14.4 Å². The van der Waals surface area contributed by atoms with E-state index in [9.17, 15) is 4.79 Å². The highest BCUT2D eigenvalue weighted by atomic mass is 127. The number of benzene rings is 1. The Morgan fingerprint density at radius 2 is 2.05 bits per heavy atom. The van der Waals surface area contributed by atoms with Crippen LogP contribution in [0.4, 0.5) is 0 Å². The molecule has 1 aliphatic rings. The molecule has 19 heavy (non-hydrogen) atoms. The SMILES string of the molecule is CCOc1c(I)cc(C(=O)N2CCCC2)cc1OC. The van der Waals surface area contributed by atoms with Crippen LogP contribution in [0.15, 0.2) is 12.1 Å². The van der Waals surface area contributed by atoms with Gasteiger partial charge in [0.2, 0.25) is 0 Å². The van der Waals surface area contributed by atoms with Gasteiger partial charge in [-0.05, 0) is 54.5 Å². The van der Waals surface area contributed by atoms with Crippen molar-refractivity contribution in [2.75, 3.05) is 26.8 Å². The van der Waals surface area contributed by atoms with Gasteiger partial charge in [0.25, 0.3) is 5.91 Å². The van der Waals surface area contributed by atoms with Crippen molar-refractivity contribution in [2.45, 2.75) is 19.8 Å². The molecule has 0 bridgehead atoms. The summed E-state index contributed by atoms with van der Waals surface area (Å²) in [7, 11) is 1.60. The van der Waals surface area contributed by atoms with E-state index < -0.39 is 0 Å². The maximum Gasteiger partial charge on any atom is 0.254 e. The maximum absolute atomic E-state index is 12.4. The normalized spacial score (nSPS) is 14.6. The van der Waals surface area contributed by atoms with Gasteiger partial charge in [0.1, 0.15) is 0 Å². The number of methoxy groups -OCH3 is 1. The Balaban J connectivity index is 2.31. The van der Waals surface area contributed by atoms with E-state index in [1.165, 1.54) is 0 Å². The third kappa shape index (κ3) is 3.13. The molecule has 0 N–H and O–H groups in total. The molecule has 0 unspecified atom stereocenters. The zero-order valence-corrected chi connectivity index (χ0v) is 13.4. The fourth-order valence-corrected chi connectivity index (χ4v) is 2.99. The van der Waals surface area contributed by atoms with Crippen molar-refractivity contribution in [2.24, 2.45) is 0 Å². The molecule has 1 aromatic carbocycles. The second-order valence-corrected chi connectivity index (χ2v) is 5.58. The van der Waals surface area contributed by atoms with Crippen molar-refractivity contribution >= 4 is 28.5 Å². The molecule has 1 fully saturated rings. The first kappa shape index (κ1) is 14.4. The lowest BCUT2D eigenvalue weighted by molar-refractivity contribution is 0.0792. The van der Waals surface area contributed by atoms with Crippen molar-refractivity contribution < 1.29 is 14.3 Å². The van der Waals surface area contributed by atoms with E-state index in [1.807, 2.05) is 17.9 Å². The van der Waals surface area contributed by atoms with Crippen molar-refractivity contribution in [1.29, 1.82) is 0 Å². The average molecular weight is 375 g/mol. The fraction of sp³-hybridized carbons (Fsp3) is 0.500. The van der Waals surface area contributed by atoms with E-state index >= 15 is 0 Å². The summed E-state index contributed by atoms with van der Waals surface area (Å²) in [6.45, 7) is 4.21. The van der Waals surface area contributed by atoms with E-state index in [1.54, 1.807) is 13.2 Å². The van der Waals surface area contributed by atoms with Crippen molar-refractivity contribution in [3.8, 4) is 11.5 Å². The van der Waals surface area contributed by atoms with Crippen LogP contribution in [-0.4, -0.2) is 37.6 Å². The van der Waals surface area contributed by atoms with Crippen LogP contribution in [0, 0.1) is 3.57 Å². The molecule has 1 amide bonds. The first-order valence-electron chi connectivity index (χ1n) is 6.47. The van der Waals surface area contributed by atoms with E-state index in [-0.39, 0.29) is 5.91 Å². The van der Waals surface area contributed by atoms with E-state index in [0.717, 1.165) is 29.5 Å². The third-order valence-electron chi connectivity index (χ3n) is 3.16. The Hall–Kier alpha value is -0.980. The van der Waals surface area contributed by atoms with Crippen LogP contribution in [0.1, 0.15) is 30.1 Å². The highest BCUT2D eigenvalue weighted by Gasteiger charge is 2.22.